The molecule has 4 rings (SSSR count). The monoisotopic (exact) mass is 595 g/mol. The van der Waals surface area contributed by atoms with Crippen LogP contribution < -0.4 is 4.80 Å². The standard InChI is InChI=1S/C30H33N3O6S2/c1-4-32(21-22-10-8-7-9-11-22)41(36,37)25-15-12-23(13-16-25)28(34)31-30-33(18-19-38-5-2)26-17-14-24(20-27(26)40-30)29(35)39-6-3/h7-17,20H,4-6,18-19,21H2,1-3H3. The van der Waals surface area contributed by atoms with Gasteiger partial charge >= 0.3 is 5.97 Å². The van der Waals surface area contributed by atoms with Crippen LogP contribution in [-0.4, -0.2) is 55.5 Å². The molecule has 3 aromatic carbocycles. The highest BCUT2D eigenvalue weighted by atomic mass is 32.2. The Hall–Kier alpha value is -3.64. The highest BCUT2D eigenvalue weighted by Gasteiger charge is 2.23. The fraction of sp³-hybridized carbons (Fsp3) is 0.300. The molecule has 1 aromatic heterocycles. The van der Waals surface area contributed by atoms with Crippen LogP contribution in [0, 0.1) is 0 Å². The SMILES string of the molecule is CCOCCn1c(=NC(=O)c2ccc(S(=O)(=O)N(CC)Cc3ccccc3)cc2)sc2cc(C(=O)OCC)ccc21. The fourth-order valence-corrected chi connectivity index (χ4v) is 6.77. The van der Waals surface area contributed by atoms with Gasteiger partial charge in [-0.05, 0) is 61.9 Å². The molecule has 1 amide bonds. The zero-order valence-corrected chi connectivity index (χ0v) is 24.9. The van der Waals surface area contributed by atoms with Crippen molar-refractivity contribution >= 4 is 43.5 Å². The number of fused-ring (bicyclic) bond motifs is 1. The van der Waals surface area contributed by atoms with E-state index in [0.717, 1.165) is 15.8 Å². The minimum Gasteiger partial charge on any atom is -0.462 e. The van der Waals surface area contributed by atoms with Crippen LogP contribution in [0.1, 0.15) is 47.1 Å². The first kappa shape index (κ1) is 30.3. The number of sulfonamides is 1. The predicted octanol–water partition coefficient (Wildman–Crippen LogP) is 4.87. The van der Waals surface area contributed by atoms with Gasteiger partial charge in [-0.1, -0.05) is 48.6 Å². The Kier molecular flexibility index (Phi) is 10.2. The molecule has 0 unspecified atom stereocenters. The Balaban J connectivity index is 1.63. The number of rotatable bonds is 12. The van der Waals surface area contributed by atoms with Gasteiger partial charge in [0.2, 0.25) is 10.0 Å². The van der Waals surface area contributed by atoms with E-state index in [0.29, 0.717) is 36.7 Å². The summed E-state index contributed by atoms with van der Waals surface area (Å²) in [6.45, 7) is 7.71. The zero-order valence-electron chi connectivity index (χ0n) is 23.3. The predicted molar refractivity (Wildman–Crippen MR) is 158 cm³/mol. The number of aromatic nitrogens is 1. The summed E-state index contributed by atoms with van der Waals surface area (Å²) in [6, 6.07) is 20.4. The summed E-state index contributed by atoms with van der Waals surface area (Å²) in [4.78, 5) is 30.3. The van der Waals surface area contributed by atoms with E-state index in [1.165, 1.54) is 39.9 Å². The van der Waals surface area contributed by atoms with E-state index >= 15 is 0 Å². The zero-order chi connectivity index (χ0) is 29.4. The Bertz CT molecular complexity index is 1680. The van der Waals surface area contributed by atoms with Crippen LogP contribution in [-0.2, 0) is 32.6 Å². The molecule has 0 N–H and O–H groups in total. The number of ether oxygens (including phenoxy) is 2. The van der Waals surface area contributed by atoms with E-state index in [2.05, 4.69) is 4.99 Å². The fourth-order valence-electron chi connectivity index (χ4n) is 4.24. The molecule has 0 aliphatic heterocycles. The third-order valence-corrected chi connectivity index (χ3v) is 9.32. The number of thiazole rings is 1. The summed E-state index contributed by atoms with van der Waals surface area (Å²) in [5.41, 5.74) is 2.38. The number of carbonyl (C=O) groups is 2. The molecule has 0 aliphatic rings. The Morgan fingerprint density at radius 3 is 2.29 bits per heavy atom. The summed E-state index contributed by atoms with van der Waals surface area (Å²) in [7, 11) is -3.77. The van der Waals surface area contributed by atoms with Crippen LogP contribution in [0.5, 0.6) is 0 Å². The lowest BCUT2D eigenvalue weighted by molar-refractivity contribution is 0.0526. The molecule has 0 radical (unpaired) electrons. The summed E-state index contributed by atoms with van der Waals surface area (Å²) in [5.74, 6) is -0.924. The van der Waals surface area contributed by atoms with Gasteiger partial charge in [0.1, 0.15) is 0 Å². The lowest BCUT2D eigenvalue weighted by Crippen LogP contribution is -2.30. The van der Waals surface area contributed by atoms with Gasteiger partial charge < -0.3 is 14.0 Å². The molecule has 41 heavy (non-hydrogen) atoms. The molecule has 0 atom stereocenters. The average Bonchev–Trinajstić information content (AvgIpc) is 3.32. The van der Waals surface area contributed by atoms with Gasteiger partial charge in [-0.2, -0.15) is 9.30 Å². The van der Waals surface area contributed by atoms with Gasteiger partial charge in [0, 0.05) is 31.8 Å². The minimum atomic E-state index is -3.77. The third kappa shape index (κ3) is 7.17. The van der Waals surface area contributed by atoms with E-state index in [9.17, 15) is 18.0 Å². The average molecular weight is 596 g/mol. The molecular weight excluding hydrogens is 562 g/mol. The van der Waals surface area contributed by atoms with Crippen LogP contribution in [0.2, 0.25) is 0 Å². The van der Waals surface area contributed by atoms with Crippen molar-refractivity contribution in [1.29, 1.82) is 0 Å². The quantitative estimate of drug-likeness (QED) is 0.171. The lowest BCUT2D eigenvalue weighted by atomic mass is 10.2. The van der Waals surface area contributed by atoms with Gasteiger partial charge in [-0.3, -0.25) is 4.79 Å². The minimum absolute atomic E-state index is 0.104. The summed E-state index contributed by atoms with van der Waals surface area (Å²) in [6.07, 6.45) is 0. The molecular formula is C30H33N3O6S2. The van der Waals surface area contributed by atoms with E-state index in [1.54, 1.807) is 26.0 Å². The summed E-state index contributed by atoms with van der Waals surface area (Å²) >= 11 is 1.28. The van der Waals surface area contributed by atoms with Gasteiger partial charge in [-0.15, -0.1) is 0 Å². The van der Waals surface area contributed by atoms with Crippen LogP contribution >= 0.6 is 11.3 Å². The third-order valence-electron chi connectivity index (χ3n) is 6.35. The first-order valence-corrected chi connectivity index (χ1v) is 15.7. The van der Waals surface area contributed by atoms with Crippen molar-refractivity contribution < 1.29 is 27.5 Å². The highest BCUT2D eigenvalue weighted by Crippen LogP contribution is 2.22. The number of hydrogen-bond donors (Lipinski definition) is 0. The number of amides is 1. The number of nitrogens with zero attached hydrogens (tertiary/aromatic N) is 3. The van der Waals surface area contributed by atoms with E-state index in [-0.39, 0.29) is 23.6 Å². The van der Waals surface area contributed by atoms with Crippen LogP contribution in [0.4, 0.5) is 0 Å². The van der Waals surface area contributed by atoms with Gasteiger partial charge in [-0.25, -0.2) is 13.2 Å². The van der Waals surface area contributed by atoms with Crippen LogP contribution in [0.25, 0.3) is 10.2 Å². The first-order valence-electron chi connectivity index (χ1n) is 13.4. The van der Waals surface area contributed by atoms with Crippen molar-refractivity contribution in [3.05, 3.63) is 94.3 Å². The van der Waals surface area contributed by atoms with Crippen LogP contribution in [0.15, 0.2) is 82.7 Å². The van der Waals surface area contributed by atoms with E-state index < -0.39 is 21.9 Å². The normalized spacial score (nSPS) is 12.2. The first-order chi connectivity index (χ1) is 19.8. The summed E-state index contributed by atoms with van der Waals surface area (Å²) < 4.78 is 41.3. The van der Waals surface area contributed by atoms with Crippen LogP contribution in [0.3, 0.4) is 0 Å². The molecule has 0 saturated heterocycles. The van der Waals surface area contributed by atoms with Crippen molar-refractivity contribution in [2.45, 2.75) is 38.8 Å². The van der Waals surface area contributed by atoms with E-state index in [1.807, 2.05) is 47.9 Å². The van der Waals surface area contributed by atoms with Crippen molar-refractivity contribution in [2.24, 2.45) is 4.99 Å². The molecule has 11 heteroatoms. The Morgan fingerprint density at radius 2 is 1.63 bits per heavy atom. The van der Waals surface area contributed by atoms with E-state index in [4.69, 9.17) is 9.47 Å². The molecule has 216 valence electrons. The molecule has 0 saturated carbocycles. The number of esters is 1. The summed E-state index contributed by atoms with van der Waals surface area (Å²) in [5, 5.41) is 0. The molecule has 9 nitrogen and oxygen atoms in total. The Labute approximate surface area is 243 Å². The van der Waals surface area contributed by atoms with Gasteiger partial charge in [0.15, 0.2) is 4.80 Å². The lowest BCUT2D eigenvalue weighted by Gasteiger charge is -2.20. The maximum Gasteiger partial charge on any atom is 0.338 e. The largest absolute Gasteiger partial charge is 0.462 e. The van der Waals surface area contributed by atoms with Gasteiger partial charge in [0.25, 0.3) is 5.91 Å². The topological polar surface area (TPSA) is 107 Å². The molecule has 0 spiro atoms. The molecule has 0 fully saturated rings. The maximum atomic E-state index is 13.3. The number of carbonyl (C=O) groups excluding carboxylic acids is 2. The Morgan fingerprint density at radius 1 is 0.927 bits per heavy atom. The van der Waals surface area contributed by atoms with Crippen molar-refractivity contribution in [1.82, 2.24) is 8.87 Å². The number of hydrogen-bond acceptors (Lipinski definition) is 7. The van der Waals surface area contributed by atoms with Gasteiger partial charge in [0.05, 0.1) is 33.9 Å². The molecule has 1 heterocycles. The number of benzene rings is 3. The second-order valence-corrected chi connectivity index (χ2v) is 11.9. The smallest absolute Gasteiger partial charge is 0.338 e. The second kappa shape index (κ2) is 13.8. The molecule has 0 aliphatic carbocycles. The molecule has 4 aromatic rings. The van der Waals surface area contributed by atoms with Crippen molar-refractivity contribution in [2.75, 3.05) is 26.4 Å². The highest BCUT2D eigenvalue weighted by molar-refractivity contribution is 7.89. The maximum absolute atomic E-state index is 13.3. The molecule has 0 bridgehead atoms. The van der Waals surface area contributed by atoms with Crippen molar-refractivity contribution in [3.8, 4) is 0 Å². The van der Waals surface area contributed by atoms with Crippen molar-refractivity contribution in [3.63, 3.8) is 0 Å². The second-order valence-electron chi connectivity index (χ2n) is 8.99.